The van der Waals surface area contributed by atoms with Crippen LogP contribution in [0.25, 0.3) is 0 Å². The Kier molecular flexibility index (Phi) is 3.19. The van der Waals surface area contributed by atoms with Crippen LogP contribution in [-0.2, 0) is 18.4 Å². The first kappa shape index (κ1) is 12.1. The normalized spacial score (nSPS) is 17.6. The first-order valence-electron chi connectivity index (χ1n) is 6.03. The minimum atomic E-state index is -0.242. The fourth-order valence-corrected chi connectivity index (χ4v) is 2.10. The Morgan fingerprint density at radius 1 is 1.65 bits per heavy atom. The molecular formula is C12H20N4O. The average molecular weight is 236 g/mol. The van der Waals surface area contributed by atoms with Gasteiger partial charge in [-0.25, -0.2) is 0 Å². The molecule has 2 rings (SSSR count). The van der Waals surface area contributed by atoms with Crippen LogP contribution in [0.2, 0.25) is 0 Å². The van der Waals surface area contributed by atoms with Gasteiger partial charge in [-0.05, 0) is 26.2 Å². The van der Waals surface area contributed by atoms with Gasteiger partial charge in [0.2, 0.25) is 5.91 Å². The van der Waals surface area contributed by atoms with Gasteiger partial charge < -0.3 is 11.1 Å². The lowest BCUT2D eigenvalue weighted by molar-refractivity contribution is -0.123. The Bertz CT molecular complexity index is 420. The number of hydrogen-bond donors (Lipinski definition) is 2. The molecule has 3 N–H and O–H groups in total. The Balaban J connectivity index is 1.82. The van der Waals surface area contributed by atoms with Gasteiger partial charge in [0.1, 0.15) is 0 Å². The minimum absolute atomic E-state index is 0.0375. The van der Waals surface area contributed by atoms with Crippen LogP contribution in [0.5, 0.6) is 0 Å². The topological polar surface area (TPSA) is 72.9 Å². The molecule has 0 aliphatic heterocycles. The quantitative estimate of drug-likeness (QED) is 0.804. The molecule has 0 bridgehead atoms. The van der Waals surface area contributed by atoms with Gasteiger partial charge in [-0.3, -0.25) is 9.48 Å². The molecule has 0 aromatic carbocycles. The van der Waals surface area contributed by atoms with Gasteiger partial charge in [0, 0.05) is 36.8 Å². The second-order valence-electron chi connectivity index (χ2n) is 5.05. The molecule has 1 aliphatic carbocycles. The first-order chi connectivity index (χ1) is 8.00. The minimum Gasteiger partial charge on any atom is -0.352 e. The summed E-state index contributed by atoms with van der Waals surface area (Å²) in [5, 5.41) is 7.04. The number of amides is 1. The van der Waals surface area contributed by atoms with Crippen LogP contribution in [0, 0.1) is 6.92 Å². The van der Waals surface area contributed by atoms with Crippen LogP contribution in [0.3, 0.4) is 0 Å². The van der Waals surface area contributed by atoms with Crippen molar-refractivity contribution in [2.75, 3.05) is 0 Å². The Morgan fingerprint density at radius 3 is 2.82 bits per heavy atom. The van der Waals surface area contributed by atoms with Gasteiger partial charge in [-0.1, -0.05) is 0 Å². The predicted molar refractivity (Wildman–Crippen MR) is 65.2 cm³/mol. The predicted octanol–water partition coefficient (Wildman–Crippen LogP) is 0.616. The highest BCUT2D eigenvalue weighted by Crippen LogP contribution is 2.31. The van der Waals surface area contributed by atoms with E-state index in [0.717, 1.165) is 30.5 Å². The van der Waals surface area contributed by atoms with Crippen LogP contribution < -0.4 is 11.1 Å². The molecule has 1 aliphatic rings. The van der Waals surface area contributed by atoms with Crippen molar-refractivity contribution in [1.29, 1.82) is 0 Å². The van der Waals surface area contributed by atoms with E-state index in [0.29, 0.717) is 13.0 Å². The van der Waals surface area contributed by atoms with E-state index in [1.807, 2.05) is 14.0 Å². The Hall–Kier alpha value is -1.36. The summed E-state index contributed by atoms with van der Waals surface area (Å²) in [4.78, 5) is 11.7. The molecule has 1 heterocycles. The molecule has 0 atom stereocenters. The lowest BCUT2D eigenvalue weighted by Gasteiger charge is -2.37. The monoisotopic (exact) mass is 236 g/mol. The highest BCUT2D eigenvalue weighted by Gasteiger charge is 2.34. The van der Waals surface area contributed by atoms with Crippen LogP contribution in [0.15, 0.2) is 6.20 Å². The number of nitrogens with zero attached hydrogens (tertiary/aromatic N) is 2. The van der Waals surface area contributed by atoms with Crippen molar-refractivity contribution >= 4 is 5.91 Å². The van der Waals surface area contributed by atoms with Crippen molar-refractivity contribution < 1.29 is 4.79 Å². The lowest BCUT2D eigenvalue weighted by Crippen LogP contribution is -2.49. The molecule has 5 nitrogen and oxygen atoms in total. The second-order valence-corrected chi connectivity index (χ2v) is 5.05. The van der Waals surface area contributed by atoms with Gasteiger partial charge in [-0.2, -0.15) is 5.10 Å². The molecule has 1 fully saturated rings. The van der Waals surface area contributed by atoms with Crippen LogP contribution in [-0.4, -0.2) is 21.2 Å². The molecule has 1 aromatic heterocycles. The summed E-state index contributed by atoms with van der Waals surface area (Å²) in [5.74, 6) is 0.0375. The highest BCUT2D eigenvalue weighted by atomic mass is 16.1. The lowest BCUT2D eigenvalue weighted by atomic mass is 9.75. The van der Waals surface area contributed by atoms with E-state index < -0.39 is 0 Å². The number of nitrogens with two attached hydrogens (primary N) is 1. The van der Waals surface area contributed by atoms with E-state index in [2.05, 4.69) is 10.4 Å². The average Bonchev–Trinajstić information content (AvgIpc) is 2.55. The molecule has 1 saturated carbocycles. The highest BCUT2D eigenvalue weighted by molar-refractivity contribution is 5.77. The Morgan fingerprint density at radius 2 is 2.35 bits per heavy atom. The molecule has 0 unspecified atom stereocenters. The molecule has 0 saturated heterocycles. The van der Waals surface area contributed by atoms with Crippen LogP contribution in [0.1, 0.15) is 36.9 Å². The molecular weight excluding hydrogens is 216 g/mol. The smallest absolute Gasteiger partial charge is 0.222 e. The summed E-state index contributed by atoms with van der Waals surface area (Å²) in [6.07, 6.45) is 5.30. The fourth-order valence-electron chi connectivity index (χ4n) is 2.10. The number of rotatable bonds is 4. The van der Waals surface area contributed by atoms with Crippen LogP contribution in [0.4, 0.5) is 0 Å². The molecule has 17 heavy (non-hydrogen) atoms. The van der Waals surface area contributed by atoms with E-state index in [-0.39, 0.29) is 11.4 Å². The zero-order chi connectivity index (χ0) is 12.5. The van der Waals surface area contributed by atoms with Crippen molar-refractivity contribution in [3.63, 3.8) is 0 Å². The summed E-state index contributed by atoms with van der Waals surface area (Å²) < 4.78 is 1.80. The summed E-state index contributed by atoms with van der Waals surface area (Å²) in [6.45, 7) is 2.53. The van der Waals surface area contributed by atoms with E-state index in [4.69, 9.17) is 5.73 Å². The largest absolute Gasteiger partial charge is 0.352 e. The standard InChI is InChI=1S/C12H20N4O/c1-9-10(8-15-16(9)2)7-14-11(17)6-12(13)4-3-5-12/h8H,3-7,13H2,1-2H3,(H,14,17). The summed E-state index contributed by atoms with van der Waals surface area (Å²) in [5.41, 5.74) is 7.92. The zero-order valence-corrected chi connectivity index (χ0v) is 10.5. The van der Waals surface area contributed by atoms with Crippen molar-refractivity contribution in [3.05, 3.63) is 17.5 Å². The summed E-state index contributed by atoms with van der Waals surface area (Å²) in [7, 11) is 1.89. The summed E-state index contributed by atoms with van der Waals surface area (Å²) in [6, 6.07) is 0. The maximum absolute atomic E-state index is 11.7. The zero-order valence-electron chi connectivity index (χ0n) is 10.5. The molecule has 5 heteroatoms. The molecule has 0 spiro atoms. The van der Waals surface area contributed by atoms with E-state index in [1.165, 1.54) is 0 Å². The maximum Gasteiger partial charge on any atom is 0.222 e. The van der Waals surface area contributed by atoms with E-state index in [1.54, 1.807) is 10.9 Å². The third kappa shape index (κ3) is 2.66. The van der Waals surface area contributed by atoms with Crippen molar-refractivity contribution in [2.24, 2.45) is 12.8 Å². The third-order valence-corrected chi connectivity index (χ3v) is 3.67. The fraction of sp³-hybridized carbons (Fsp3) is 0.667. The number of hydrogen-bond acceptors (Lipinski definition) is 3. The van der Waals surface area contributed by atoms with E-state index in [9.17, 15) is 4.79 Å². The Labute approximate surface area is 101 Å². The molecule has 1 aromatic rings. The van der Waals surface area contributed by atoms with Crippen molar-refractivity contribution in [1.82, 2.24) is 15.1 Å². The van der Waals surface area contributed by atoms with Crippen LogP contribution >= 0.6 is 0 Å². The number of aromatic nitrogens is 2. The van der Waals surface area contributed by atoms with Gasteiger partial charge >= 0.3 is 0 Å². The van der Waals surface area contributed by atoms with E-state index >= 15 is 0 Å². The number of carbonyl (C=O) groups is 1. The van der Waals surface area contributed by atoms with Gasteiger partial charge in [0.25, 0.3) is 0 Å². The van der Waals surface area contributed by atoms with Crippen molar-refractivity contribution in [2.45, 2.75) is 44.7 Å². The van der Waals surface area contributed by atoms with Gasteiger partial charge in [0.15, 0.2) is 0 Å². The number of nitrogens with one attached hydrogen (secondary N) is 1. The number of aryl methyl sites for hydroxylation is 1. The van der Waals surface area contributed by atoms with Gasteiger partial charge in [-0.15, -0.1) is 0 Å². The summed E-state index contributed by atoms with van der Waals surface area (Å²) >= 11 is 0. The van der Waals surface area contributed by atoms with Gasteiger partial charge in [0.05, 0.1) is 6.20 Å². The van der Waals surface area contributed by atoms with Crippen molar-refractivity contribution in [3.8, 4) is 0 Å². The first-order valence-corrected chi connectivity index (χ1v) is 6.03. The molecule has 94 valence electrons. The maximum atomic E-state index is 11.7. The third-order valence-electron chi connectivity index (χ3n) is 3.67. The second kappa shape index (κ2) is 4.49. The number of carbonyl (C=O) groups excluding carboxylic acids is 1. The molecule has 0 radical (unpaired) electrons. The molecule has 1 amide bonds. The SMILES string of the molecule is Cc1c(CNC(=O)CC2(N)CCC2)cnn1C.